The second-order valence-corrected chi connectivity index (χ2v) is 5.58. The number of rotatable bonds is 10. The van der Waals surface area contributed by atoms with E-state index >= 15 is 0 Å². The largest absolute Gasteiger partial charge is 0.355 e. The van der Waals surface area contributed by atoms with Gasteiger partial charge in [-0.3, -0.25) is 4.79 Å². The Morgan fingerprint density at radius 1 is 1.22 bits per heavy atom. The molecule has 0 aromatic carbocycles. The fourth-order valence-corrected chi connectivity index (χ4v) is 2.12. The van der Waals surface area contributed by atoms with Crippen molar-refractivity contribution in [3.05, 3.63) is 0 Å². The number of hydrogen-bond acceptors (Lipinski definition) is 4. The Hall–Kier alpha value is -0.260. The summed E-state index contributed by atoms with van der Waals surface area (Å²) in [5, 5.41) is 6.32. The normalized spacial score (nSPS) is 14.6. The predicted molar refractivity (Wildman–Crippen MR) is 81.0 cm³/mol. The van der Waals surface area contributed by atoms with Crippen molar-refractivity contribution in [3.8, 4) is 0 Å². The number of unbranched alkanes of at least 4 members (excludes halogenated alkanes) is 1. The highest BCUT2D eigenvalue weighted by atomic mass is 32.1. The third kappa shape index (κ3) is 9.74. The van der Waals surface area contributed by atoms with E-state index in [0.29, 0.717) is 30.8 Å². The summed E-state index contributed by atoms with van der Waals surface area (Å²) in [4.78, 5) is 11.5. The Labute approximate surface area is 117 Å². The lowest BCUT2D eigenvalue weighted by molar-refractivity contribution is -0.122. The third-order valence-corrected chi connectivity index (χ3v) is 3.02. The van der Waals surface area contributed by atoms with E-state index in [4.69, 9.17) is 5.73 Å². The Kier molecular flexibility index (Phi) is 10.5. The molecule has 108 valence electrons. The lowest BCUT2D eigenvalue weighted by Crippen LogP contribution is -2.41. The van der Waals surface area contributed by atoms with Crippen molar-refractivity contribution in [2.24, 2.45) is 5.73 Å². The maximum atomic E-state index is 11.5. The van der Waals surface area contributed by atoms with Gasteiger partial charge in [-0.05, 0) is 31.9 Å². The lowest BCUT2D eigenvalue weighted by atomic mass is 10.1. The van der Waals surface area contributed by atoms with Gasteiger partial charge in [-0.15, -0.1) is 0 Å². The summed E-state index contributed by atoms with van der Waals surface area (Å²) < 4.78 is 0. The molecule has 0 fully saturated rings. The zero-order chi connectivity index (χ0) is 14.0. The van der Waals surface area contributed by atoms with Crippen LogP contribution in [0.15, 0.2) is 0 Å². The van der Waals surface area contributed by atoms with Crippen molar-refractivity contribution < 1.29 is 4.79 Å². The molecular formula is C13H29N3OS. The molecule has 4 N–H and O–H groups in total. The van der Waals surface area contributed by atoms with E-state index in [0.717, 1.165) is 19.3 Å². The standard InChI is InChI=1S/C13H29N3OS/c1-10(2)16-11(3)6-4-5-8-15-13(17)12(14)7-9-18/h10-12,16,18H,4-9,14H2,1-3H3,(H,15,17). The Morgan fingerprint density at radius 2 is 1.89 bits per heavy atom. The van der Waals surface area contributed by atoms with Crippen LogP contribution in [-0.4, -0.2) is 36.3 Å². The maximum absolute atomic E-state index is 11.5. The van der Waals surface area contributed by atoms with Gasteiger partial charge in [0.05, 0.1) is 6.04 Å². The summed E-state index contributed by atoms with van der Waals surface area (Å²) >= 11 is 4.06. The molecule has 0 rings (SSSR count). The van der Waals surface area contributed by atoms with Crippen molar-refractivity contribution in [2.75, 3.05) is 12.3 Å². The fraction of sp³-hybridized carbons (Fsp3) is 0.923. The monoisotopic (exact) mass is 275 g/mol. The molecule has 18 heavy (non-hydrogen) atoms. The SMILES string of the molecule is CC(C)NC(C)CCCCNC(=O)C(N)CCS. The van der Waals surface area contributed by atoms with Crippen LogP contribution in [0.4, 0.5) is 0 Å². The highest BCUT2D eigenvalue weighted by molar-refractivity contribution is 7.80. The maximum Gasteiger partial charge on any atom is 0.236 e. The minimum absolute atomic E-state index is 0.0580. The van der Waals surface area contributed by atoms with Gasteiger partial charge in [0.1, 0.15) is 0 Å². The first-order chi connectivity index (χ1) is 8.47. The first kappa shape index (κ1) is 17.7. The molecule has 0 saturated heterocycles. The van der Waals surface area contributed by atoms with Gasteiger partial charge in [-0.2, -0.15) is 12.6 Å². The van der Waals surface area contributed by atoms with Crippen LogP contribution < -0.4 is 16.4 Å². The number of amides is 1. The van der Waals surface area contributed by atoms with Gasteiger partial charge in [0.15, 0.2) is 0 Å². The average molecular weight is 275 g/mol. The smallest absolute Gasteiger partial charge is 0.236 e. The summed E-state index contributed by atoms with van der Waals surface area (Å²) in [5.74, 6) is 0.588. The second-order valence-electron chi connectivity index (χ2n) is 5.13. The van der Waals surface area contributed by atoms with E-state index in [-0.39, 0.29) is 5.91 Å². The first-order valence-corrected chi connectivity index (χ1v) is 7.50. The first-order valence-electron chi connectivity index (χ1n) is 6.87. The van der Waals surface area contributed by atoms with Gasteiger partial charge in [-0.25, -0.2) is 0 Å². The minimum Gasteiger partial charge on any atom is -0.355 e. The van der Waals surface area contributed by atoms with E-state index in [1.807, 2.05) is 0 Å². The van der Waals surface area contributed by atoms with Crippen molar-refractivity contribution in [1.82, 2.24) is 10.6 Å². The van der Waals surface area contributed by atoms with Crippen molar-refractivity contribution >= 4 is 18.5 Å². The summed E-state index contributed by atoms with van der Waals surface area (Å²) in [6.07, 6.45) is 3.88. The third-order valence-electron chi connectivity index (χ3n) is 2.76. The average Bonchev–Trinajstić information content (AvgIpc) is 2.27. The molecule has 2 atom stereocenters. The number of nitrogens with one attached hydrogen (secondary N) is 2. The topological polar surface area (TPSA) is 67.1 Å². The van der Waals surface area contributed by atoms with Crippen LogP contribution in [0.3, 0.4) is 0 Å². The molecule has 0 saturated carbocycles. The van der Waals surface area contributed by atoms with E-state index in [9.17, 15) is 4.79 Å². The quantitative estimate of drug-likeness (QED) is 0.359. The van der Waals surface area contributed by atoms with Gasteiger partial charge in [0, 0.05) is 18.6 Å². The van der Waals surface area contributed by atoms with Crippen LogP contribution in [0.5, 0.6) is 0 Å². The van der Waals surface area contributed by atoms with Crippen molar-refractivity contribution in [3.63, 3.8) is 0 Å². The molecule has 0 aliphatic rings. The van der Waals surface area contributed by atoms with Crippen LogP contribution in [0.2, 0.25) is 0 Å². The molecule has 0 aromatic rings. The number of hydrogen-bond donors (Lipinski definition) is 4. The molecule has 2 unspecified atom stereocenters. The Morgan fingerprint density at radius 3 is 2.44 bits per heavy atom. The highest BCUT2D eigenvalue weighted by Gasteiger charge is 2.11. The molecule has 0 aliphatic carbocycles. The van der Waals surface area contributed by atoms with E-state index < -0.39 is 6.04 Å². The molecule has 5 heteroatoms. The predicted octanol–water partition coefficient (Wildman–Crippen LogP) is 1.31. The molecule has 0 bridgehead atoms. The molecule has 0 aromatic heterocycles. The van der Waals surface area contributed by atoms with E-state index in [1.165, 1.54) is 0 Å². The highest BCUT2D eigenvalue weighted by Crippen LogP contribution is 2.01. The summed E-state index contributed by atoms with van der Waals surface area (Å²) in [7, 11) is 0. The van der Waals surface area contributed by atoms with E-state index in [1.54, 1.807) is 0 Å². The summed E-state index contributed by atoms with van der Waals surface area (Å²) in [6, 6.07) is 0.648. The van der Waals surface area contributed by atoms with Crippen LogP contribution in [0.1, 0.15) is 46.5 Å². The molecule has 0 radical (unpaired) electrons. The van der Waals surface area contributed by atoms with Gasteiger partial charge in [-0.1, -0.05) is 20.3 Å². The van der Waals surface area contributed by atoms with Crippen molar-refractivity contribution in [2.45, 2.75) is 64.6 Å². The zero-order valence-corrected chi connectivity index (χ0v) is 12.8. The second kappa shape index (κ2) is 10.6. The molecule has 0 spiro atoms. The number of nitrogens with two attached hydrogens (primary N) is 1. The van der Waals surface area contributed by atoms with Gasteiger partial charge < -0.3 is 16.4 Å². The van der Waals surface area contributed by atoms with Gasteiger partial charge in [0.25, 0.3) is 0 Å². The lowest BCUT2D eigenvalue weighted by Gasteiger charge is -2.16. The van der Waals surface area contributed by atoms with E-state index in [2.05, 4.69) is 44.0 Å². The van der Waals surface area contributed by atoms with Crippen LogP contribution in [0, 0.1) is 0 Å². The Bertz CT molecular complexity index is 224. The molecule has 1 amide bonds. The number of thiol groups is 1. The minimum atomic E-state index is -0.413. The molecular weight excluding hydrogens is 246 g/mol. The number of carbonyl (C=O) groups excluding carboxylic acids is 1. The summed E-state index contributed by atoms with van der Waals surface area (Å²) in [6.45, 7) is 7.22. The molecule has 0 aliphatic heterocycles. The fourth-order valence-electron chi connectivity index (χ4n) is 1.84. The zero-order valence-electron chi connectivity index (χ0n) is 11.9. The van der Waals surface area contributed by atoms with Gasteiger partial charge >= 0.3 is 0 Å². The van der Waals surface area contributed by atoms with Gasteiger partial charge in [0.2, 0.25) is 5.91 Å². The van der Waals surface area contributed by atoms with Crippen LogP contribution in [-0.2, 0) is 4.79 Å². The van der Waals surface area contributed by atoms with Crippen molar-refractivity contribution in [1.29, 1.82) is 0 Å². The van der Waals surface area contributed by atoms with Crippen LogP contribution >= 0.6 is 12.6 Å². The molecule has 0 heterocycles. The van der Waals surface area contributed by atoms with Crippen LogP contribution in [0.25, 0.3) is 0 Å². The number of carbonyl (C=O) groups is 1. The Balaban J connectivity index is 3.47. The summed E-state index contributed by atoms with van der Waals surface area (Å²) in [5.41, 5.74) is 5.67. The molecule has 4 nitrogen and oxygen atoms in total.